The van der Waals surface area contributed by atoms with Crippen molar-refractivity contribution >= 4 is 34.4 Å². The summed E-state index contributed by atoms with van der Waals surface area (Å²) in [5.74, 6) is -1.87. The molecular formula is C23H21F3N4O3. The molecule has 7 nitrogen and oxygen atoms in total. The van der Waals surface area contributed by atoms with Crippen molar-refractivity contribution in [2.24, 2.45) is 5.92 Å². The number of esters is 1. The fraction of sp³-hybridized carbons (Fsp3) is 0.304. The van der Waals surface area contributed by atoms with Crippen LogP contribution in [0, 0.1) is 5.92 Å². The van der Waals surface area contributed by atoms with Crippen molar-refractivity contribution in [1.82, 2.24) is 9.97 Å². The van der Waals surface area contributed by atoms with Crippen LogP contribution < -0.4 is 10.2 Å². The van der Waals surface area contributed by atoms with Crippen LogP contribution in [0.3, 0.4) is 0 Å². The predicted octanol–water partition coefficient (Wildman–Crippen LogP) is 4.29. The number of piperidine rings is 1. The summed E-state index contributed by atoms with van der Waals surface area (Å²) in [5, 5.41) is 2.72. The summed E-state index contributed by atoms with van der Waals surface area (Å²) in [7, 11) is 1.24. The van der Waals surface area contributed by atoms with Gasteiger partial charge in [0.05, 0.1) is 35.3 Å². The summed E-state index contributed by atoms with van der Waals surface area (Å²) in [6.45, 7) is 0.362. The van der Waals surface area contributed by atoms with E-state index in [1.54, 1.807) is 36.4 Å². The molecule has 1 aliphatic heterocycles. The zero-order valence-electron chi connectivity index (χ0n) is 17.7. The second-order valence-corrected chi connectivity index (χ2v) is 7.69. The number of para-hydroxylation sites is 3. The number of nitrogens with zero attached hydrogens (tertiary/aromatic N) is 3. The number of rotatable bonds is 4. The number of halogens is 3. The number of fused-ring (bicyclic) bond motifs is 1. The first-order valence-electron chi connectivity index (χ1n) is 10.3. The minimum absolute atomic E-state index is 0.0440. The molecule has 1 aromatic heterocycles. The number of carbonyl (C=O) groups is 2. The van der Waals surface area contributed by atoms with Gasteiger partial charge < -0.3 is 15.0 Å². The molecule has 3 aromatic rings. The fourth-order valence-corrected chi connectivity index (χ4v) is 3.90. The summed E-state index contributed by atoms with van der Waals surface area (Å²) in [6.07, 6.45) is -3.70. The van der Waals surface area contributed by atoms with E-state index in [2.05, 4.69) is 15.3 Å². The van der Waals surface area contributed by atoms with E-state index in [1.165, 1.54) is 24.1 Å². The van der Waals surface area contributed by atoms with Crippen molar-refractivity contribution in [2.45, 2.75) is 19.0 Å². The van der Waals surface area contributed by atoms with Gasteiger partial charge in [-0.05, 0) is 37.1 Å². The van der Waals surface area contributed by atoms with E-state index < -0.39 is 29.7 Å². The summed E-state index contributed by atoms with van der Waals surface area (Å²) >= 11 is 0. The number of benzene rings is 2. The minimum atomic E-state index is -4.69. The van der Waals surface area contributed by atoms with Crippen molar-refractivity contribution in [3.8, 4) is 0 Å². The van der Waals surface area contributed by atoms with E-state index in [-0.39, 0.29) is 29.1 Å². The summed E-state index contributed by atoms with van der Waals surface area (Å²) in [6, 6.07) is 12.8. The molecule has 2 aromatic carbocycles. The molecule has 172 valence electrons. The zero-order valence-corrected chi connectivity index (χ0v) is 17.7. The predicted molar refractivity (Wildman–Crippen MR) is 116 cm³/mol. The Morgan fingerprint density at radius 1 is 1.06 bits per heavy atom. The van der Waals surface area contributed by atoms with E-state index in [0.717, 1.165) is 0 Å². The lowest BCUT2D eigenvalue weighted by atomic mass is 9.96. The molecule has 0 aliphatic carbocycles. The lowest BCUT2D eigenvalue weighted by Crippen LogP contribution is -2.42. The van der Waals surface area contributed by atoms with Gasteiger partial charge in [-0.1, -0.05) is 24.3 Å². The Hall–Kier alpha value is -3.69. The van der Waals surface area contributed by atoms with Gasteiger partial charge in [0.1, 0.15) is 0 Å². The molecule has 0 spiro atoms. The first kappa shape index (κ1) is 22.5. The maximum atomic E-state index is 13.8. The van der Waals surface area contributed by atoms with Crippen molar-refractivity contribution in [3.05, 3.63) is 59.8 Å². The van der Waals surface area contributed by atoms with Crippen LogP contribution in [0.2, 0.25) is 0 Å². The van der Waals surface area contributed by atoms with Crippen LogP contribution in [0.25, 0.3) is 11.0 Å². The van der Waals surface area contributed by atoms with Gasteiger partial charge in [0.15, 0.2) is 11.5 Å². The molecule has 0 bridgehead atoms. The second kappa shape index (κ2) is 9.05. The van der Waals surface area contributed by atoms with Crippen LogP contribution in [0.5, 0.6) is 0 Å². The third-order valence-corrected chi connectivity index (χ3v) is 5.50. The Labute approximate surface area is 187 Å². The van der Waals surface area contributed by atoms with Crippen molar-refractivity contribution in [2.75, 3.05) is 30.4 Å². The largest absolute Gasteiger partial charge is 0.465 e. The average molecular weight is 458 g/mol. The smallest absolute Gasteiger partial charge is 0.437 e. The van der Waals surface area contributed by atoms with Crippen LogP contribution in [0.4, 0.5) is 24.7 Å². The number of ether oxygens (including phenoxy) is 1. The molecule has 1 fully saturated rings. The quantitative estimate of drug-likeness (QED) is 0.588. The lowest BCUT2D eigenvalue weighted by molar-refractivity contribution is -0.140. The molecule has 10 heteroatoms. The number of amides is 1. The van der Waals surface area contributed by atoms with Gasteiger partial charge in [0, 0.05) is 13.1 Å². The van der Waals surface area contributed by atoms with Crippen LogP contribution in [0.15, 0.2) is 48.5 Å². The van der Waals surface area contributed by atoms with Crippen LogP contribution >= 0.6 is 0 Å². The van der Waals surface area contributed by atoms with Gasteiger partial charge >= 0.3 is 12.1 Å². The van der Waals surface area contributed by atoms with Gasteiger partial charge in [0.2, 0.25) is 5.91 Å². The highest BCUT2D eigenvalue weighted by molar-refractivity contribution is 6.02. The number of hydrogen-bond acceptors (Lipinski definition) is 6. The maximum absolute atomic E-state index is 13.8. The number of carbonyl (C=O) groups excluding carboxylic acids is 2. The standard InChI is InChI=1S/C23H21F3N4O3/c1-33-22(32)15-8-2-3-9-16(15)29-21(31)14-7-6-12-30(13-14)20-19(23(24,25)26)27-17-10-4-5-11-18(17)28-20/h2-5,8-11,14H,6-7,12-13H2,1H3,(H,29,31). The van der Waals surface area contributed by atoms with Gasteiger partial charge in [-0.15, -0.1) is 0 Å². The molecule has 33 heavy (non-hydrogen) atoms. The first-order valence-corrected chi connectivity index (χ1v) is 10.3. The van der Waals surface area contributed by atoms with E-state index in [0.29, 0.717) is 24.9 Å². The summed E-state index contributed by atoms with van der Waals surface area (Å²) < 4.78 is 46.1. The van der Waals surface area contributed by atoms with Gasteiger partial charge in [-0.2, -0.15) is 13.2 Å². The lowest BCUT2D eigenvalue weighted by Gasteiger charge is -2.34. The highest BCUT2D eigenvalue weighted by Gasteiger charge is 2.40. The number of anilines is 2. The number of hydrogen-bond donors (Lipinski definition) is 1. The zero-order chi connectivity index (χ0) is 23.6. The van der Waals surface area contributed by atoms with Gasteiger partial charge in [-0.3, -0.25) is 4.79 Å². The van der Waals surface area contributed by atoms with Crippen molar-refractivity contribution in [3.63, 3.8) is 0 Å². The van der Waals surface area contributed by atoms with Crippen LogP contribution in [-0.2, 0) is 15.7 Å². The number of nitrogens with one attached hydrogen (secondary N) is 1. The molecule has 1 saturated heterocycles. The molecule has 1 amide bonds. The molecular weight excluding hydrogens is 437 g/mol. The van der Waals surface area contributed by atoms with E-state index >= 15 is 0 Å². The third kappa shape index (κ3) is 4.74. The molecule has 0 saturated carbocycles. The maximum Gasteiger partial charge on any atom is 0.437 e. The van der Waals surface area contributed by atoms with Crippen molar-refractivity contribution in [1.29, 1.82) is 0 Å². The van der Waals surface area contributed by atoms with Crippen LogP contribution in [0.1, 0.15) is 28.9 Å². The van der Waals surface area contributed by atoms with E-state index in [4.69, 9.17) is 4.74 Å². The number of methoxy groups -OCH3 is 1. The van der Waals surface area contributed by atoms with E-state index in [9.17, 15) is 22.8 Å². The Morgan fingerprint density at radius 3 is 2.42 bits per heavy atom. The molecule has 1 aliphatic rings. The molecule has 1 atom stereocenters. The fourth-order valence-electron chi connectivity index (χ4n) is 3.90. The number of alkyl halides is 3. The SMILES string of the molecule is COC(=O)c1ccccc1NC(=O)C1CCCN(c2nc3ccccc3nc2C(F)(F)F)C1. The normalized spacial score (nSPS) is 16.5. The van der Waals surface area contributed by atoms with Gasteiger partial charge in [-0.25, -0.2) is 14.8 Å². The molecule has 4 rings (SSSR count). The molecule has 1 unspecified atom stereocenters. The second-order valence-electron chi connectivity index (χ2n) is 7.69. The molecule has 0 radical (unpaired) electrons. The first-order chi connectivity index (χ1) is 15.8. The topological polar surface area (TPSA) is 84.4 Å². The summed E-state index contributed by atoms with van der Waals surface area (Å²) in [5.41, 5.74) is -0.0922. The highest BCUT2D eigenvalue weighted by atomic mass is 19.4. The minimum Gasteiger partial charge on any atom is -0.465 e. The molecule has 1 N–H and O–H groups in total. The average Bonchev–Trinajstić information content (AvgIpc) is 2.82. The highest BCUT2D eigenvalue weighted by Crippen LogP contribution is 2.37. The Morgan fingerprint density at radius 2 is 1.73 bits per heavy atom. The Balaban J connectivity index is 1.60. The number of aromatic nitrogens is 2. The third-order valence-electron chi connectivity index (χ3n) is 5.50. The van der Waals surface area contributed by atoms with Gasteiger partial charge in [0.25, 0.3) is 0 Å². The van der Waals surface area contributed by atoms with E-state index in [1.807, 2.05) is 0 Å². The summed E-state index contributed by atoms with van der Waals surface area (Å²) in [4.78, 5) is 34.4. The Bertz CT molecular complexity index is 1200. The van der Waals surface area contributed by atoms with Crippen LogP contribution in [-0.4, -0.2) is 42.0 Å². The monoisotopic (exact) mass is 458 g/mol. The van der Waals surface area contributed by atoms with Crippen molar-refractivity contribution < 1.29 is 27.5 Å². The Kier molecular flexibility index (Phi) is 6.17. The molecule has 2 heterocycles.